The first-order chi connectivity index (χ1) is 11.1. The minimum atomic E-state index is -0.415. The van der Waals surface area contributed by atoms with Crippen LogP contribution < -0.4 is 0 Å². The summed E-state index contributed by atoms with van der Waals surface area (Å²) >= 11 is 6.04. The molecule has 0 spiro atoms. The molecular formula is C15H8ClN5O2. The number of para-hydroxylation sites is 1. The maximum Gasteiger partial charge on any atom is 0.277 e. The van der Waals surface area contributed by atoms with Crippen molar-refractivity contribution in [2.45, 2.75) is 0 Å². The fraction of sp³-hybridized carbons (Fsp3) is 0. The van der Waals surface area contributed by atoms with Crippen LogP contribution in [0.25, 0.3) is 27.7 Å². The summed E-state index contributed by atoms with van der Waals surface area (Å²) in [5, 5.41) is 24.4. The summed E-state index contributed by atoms with van der Waals surface area (Å²) in [7, 11) is 0. The Kier molecular flexibility index (Phi) is 2.95. The van der Waals surface area contributed by atoms with Gasteiger partial charge in [-0.1, -0.05) is 29.8 Å². The summed E-state index contributed by atoms with van der Waals surface area (Å²) in [4.78, 5) is 10.9. The Labute approximate surface area is 134 Å². The van der Waals surface area contributed by atoms with Crippen LogP contribution in [-0.4, -0.2) is 25.0 Å². The largest absolute Gasteiger partial charge is 0.277 e. The molecule has 8 heteroatoms. The van der Waals surface area contributed by atoms with Gasteiger partial charge in [0.2, 0.25) is 0 Å². The van der Waals surface area contributed by atoms with Crippen LogP contribution in [-0.2, 0) is 0 Å². The SMILES string of the molecule is O=[N+]([O-])c1ccccc1-c1cc2ccc(Cl)cc2n2nnnc12. The molecule has 0 N–H and O–H groups in total. The number of benzene rings is 2. The van der Waals surface area contributed by atoms with Crippen LogP contribution in [0.3, 0.4) is 0 Å². The molecule has 0 bridgehead atoms. The van der Waals surface area contributed by atoms with E-state index in [1.54, 1.807) is 30.3 Å². The maximum atomic E-state index is 11.3. The second-order valence-electron chi connectivity index (χ2n) is 4.95. The molecule has 0 aliphatic carbocycles. The highest BCUT2D eigenvalue weighted by Gasteiger charge is 2.19. The zero-order valence-corrected chi connectivity index (χ0v) is 12.3. The van der Waals surface area contributed by atoms with Crippen molar-refractivity contribution in [3.63, 3.8) is 0 Å². The fourth-order valence-electron chi connectivity index (χ4n) is 2.62. The van der Waals surface area contributed by atoms with Crippen LogP contribution in [0.2, 0.25) is 5.02 Å². The highest BCUT2D eigenvalue weighted by Crippen LogP contribution is 2.34. The van der Waals surface area contributed by atoms with Gasteiger partial charge in [-0.05, 0) is 34.7 Å². The lowest BCUT2D eigenvalue weighted by Gasteiger charge is -2.07. The predicted octanol–water partition coefficient (Wildman–Crippen LogP) is 3.51. The topological polar surface area (TPSA) is 86.2 Å². The van der Waals surface area contributed by atoms with Crippen LogP contribution in [0.1, 0.15) is 0 Å². The number of aromatic nitrogens is 4. The molecule has 2 aromatic carbocycles. The molecule has 4 aromatic rings. The van der Waals surface area contributed by atoms with Gasteiger partial charge in [-0.3, -0.25) is 10.1 Å². The smallest absolute Gasteiger partial charge is 0.258 e. The monoisotopic (exact) mass is 325 g/mol. The minimum absolute atomic E-state index is 0.00529. The van der Waals surface area contributed by atoms with Crippen molar-refractivity contribution in [2.75, 3.05) is 0 Å². The van der Waals surface area contributed by atoms with E-state index in [0.29, 0.717) is 21.8 Å². The molecular weight excluding hydrogens is 318 g/mol. The summed E-state index contributed by atoms with van der Waals surface area (Å²) < 4.78 is 1.53. The normalized spacial score (nSPS) is 11.2. The number of hydrogen-bond donors (Lipinski definition) is 0. The first-order valence-electron chi connectivity index (χ1n) is 6.69. The Bertz CT molecular complexity index is 1080. The second kappa shape index (κ2) is 4.99. The van der Waals surface area contributed by atoms with Gasteiger partial charge in [0, 0.05) is 22.0 Å². The van der Waals surface area contributed by atoms with Gasteiger partial charge in [0.25, 0.3) is 5.69 Å². The number of rotatable bonds is 2. The molecule has 0 saturated heterocycles. The molecule has 0 fully saturated rings. The number of fused-ring (bicyclic) bond motifs is 3. The van der Waals surface area contributed by atoms with Crippen LogP contribution in [0.4, 0.5) is 5.69 Å². The van der Waals surface area contributed by atoms with Crippen molar-refractivity contribution in [3.05, 3.63) is 63.7 Å². The Balaban J connectivity index is 2.13. The molecule has 4 rings (SSSR count). The third kappa shape index (κ3) is 2.09. The van der Waals surface area contributed by atoms with Crippen molar-refractivity contribution in [1.29, 1.82) is 0 Å². The van der Waals surface area contributed by atoms with E-state index in [1.165, 1.54) is 10.6 Å². The van der Waals surface area contributed by atoms with Crippen molar-refractivity contribution < 1.29 is 4.92 Å². The molecule has 23 heavy (non-hydrogen) atoms. The summed E-state index contributed by atoms with van der Waals surface area (Å²) in [6.07, 6.45) is 0. The van der Waals surface area contributed by atoms with Gasteiger partial charge < -0.3 is 0 Å². The molecule has 0 aliphatic rings. The predicted molar refractivity (Wildman–Crippen MR) is 85.4 cm³/mol. The summed E-state index contributed by atoms with van der Waals surface area (Å²) in [5.41, 5.74) is 2.24. The molecule has 0 atom stereocenters. The van der Waals surface area contributed by atoms with Crippen LogP contribution >= 0.6 is 11.6 Å². The van der Waals surface area contributed by atoms with E-state index >= 15 is 0 Å². The quantitative estimate of drug-likeness (QED) is 0.416. The Hall–Kier alpha value is -3.06. The summed E-state index contributed by atoms with van der Waals surface area (Å²) in [5.74, 6) is 0. The number of nitrogens with zero attached hydrogens (tertiary/aromatic N) is 5. The minimum Gasteiger partial charge on any atom is -0.258 e. The van der Waals surface area contributed by atoms with Gasteiger partial charge >= 0.3 is 0 Å². The van der Waals surface area contributed by atoms with E-state index in [0.717, 1.165) is 10.9 Å². The van der Waals surface area contributed by atoms with Gasteiger partial charge in [0.05, 0.1) is 16.0 Å². The van der Waals surface area contributed by atoms with E-state index in [2.05, 4.69) is 15.5 Å². The standard InChI is InChI=1S/C15H8ClN5O2/c16-10-6-5-9-7-12(11-3-1-2-4-13(11)21(22)23)15-17-18-19-20(15)14(9)8-10/h1-8H. The molecule has 112 valence electrons. The van der Waals surface area contributed by atoms with Gasteiger partial charge in [-0.25, -0.2) is 0 Å². The highest BCUT2D eigenvalue weighted by molar-refractivity contribution is 6.31. The fourth-order valence-corrected chi connectivity index (χ4v) is 2.78. The summed E-state index contributed by atoms with van der Waals surface area (Å²) in [6, 6.07) is 13.7. The molecule has 7 nitrogen and oxygen atoms in total. The van der Waals surface area contributed by atoms with E-state index in [-0.39, 0.29) is 5.69 Å². The lowest BCUT2D eigenvalue weighted by atomic mass is 10.0. The van der Waals surface area contributed by atoms with Gasteiger partial charge in [0.15, 0.2) is 5.65 Å². The lowest BCUT2D eigenvalue weighted by Crippen LogP contribution is -1.97. The van der Waals surface area contributed by atoms with Crippen LogP contribution in [0, 0.1) is 10.1 Å². The first-order valence-corrected chi connectivity index (χ1v) is 7.07. The molecule has 0 aliphatic heterocycles. The Morgan fingerprint density at radius 3 is 2.74 bits per heavy atom. The van der Waals surface area contributed by atoms with Crippen molar-refractivity contribution in [2.24, 2.45) is 0 Å². The molecule has 2 aromatic heterocycles. The van der Waals surface area contributed by atoms with Gasteiger partial charge in [-0.15, -0.1) is 5.10 Å². The molecule has 2 heterocycles. The third-order valence-electron chi connectivity index (χ3n) is 3.62. The van der Waals surface area contributed by atoms with Crippen molar-refractivity contribution >= 4 is 33.8 Å². The second-order valence-corrected chi connectivity index (χ2v) is 5.39. The number of nitro benzene ring substituents is 1. The number of tetrazole rings is 1. The van der Waals surface area contributed by atoms with Gasteiger partial charge in [-0.2, -0.15) is 4.52 Å². The van der Waals surface area contributed by atoms with Crippen molar-refractivity contribution in [1.82, 2.24) is 20.0 Å². The van der Waals surface area contributed by atoms with E-state index < -0.39 is 4.92 Å². The van der Waals surface area contributed by atoms with Crippen molar-refractivity contribution in [3.8, 4) is 11.1 Å². The third-order valence-corrected chi connectivity index (χ3v) is 3.86. The van der Waals surface area contributed by atoms with E-state index in [1.807, 2.05) is 12.1 Å². The molecule has 0 amide bonds. The Morgan fingerprint density at radius 1 is 1.09 bits per heavy atom. The van der Waals surface area contributed by atoms with Gasteiger partial charge in [0.1, 0.15) is 0 Å². The zero-order valence-electron chi connectivity index (χ0n) is 11.5. The van der Waals surface area contributed by atoms with Crippen LogP contribution in [0.5, 0.6) is 0 Å². The Morgan fingerprint density at radius 2 is 1.91 bits per heavy atom. The number of nitro groups is 1. The number of pyridine rings is 1. The molecule has 0 saturated carbocycles. The number of hydrogen-bond acceptors (Lipinski definition) is 5. The average Bonchev–Trinajstić information content (AvgIpc) is 3.04. The summed E-state index contributed by atoms with van der Waals surface area (Å²) in [6.45, 7) is 0. The zero-order chi connectivity index (χ0) is 16.0. The van der Waals surface area contributed by atoms with E-state index in [9.17, 15) is 10.1 Å². The maximum absolute atomic E-state index is 11.3. The first kappa shape index (κ1) is 13.6. The molecule has 0 unspecified atom stereocenters. The molecule has 0 radical (unpaired) electrons. The number of halogens is 1. The lowest BCUT2D eigenvalue weighted by molar-refractivity contribution is -0.384. The highest BCUT2D eigenvalue weighted by atomic mass is 35.5. The van der Waals surface area contributed by atoms with Crippen LogP contribution in [0.15, 0.2) is 48.5 Å². The van der Waals surface area contributed by atoms with E-state index in [4.69, 9.17) is 11.6 Å². The average molecular weight is 326 g/mol.